The number of nitrogens with zero attached hydrogens (tertiary/aromatic N) is 2. The van der Waals surface area contributed by atoms with E-state index < -0.39 is 6.23 Å². The van der Waals surface area contributed by atoms with Crippen molar-refractivity contribution in [1.82, 2.24) is 15.9 Å². The van der Waals surface area contributed by atoms with Gasteiger partial charge in [-0.15, -0.1) is 0 Å². The lowest BCUT2D eigenvalue weighted by Gasteiger charge is -2.28. The Morgan fingerprint density at radius 2 is 1.96 bits per heavy atom. The molecule has 1 unspecified atom stereocenters. The van der Waals surface area contributed by atoms with Crippen molar-refractivity contribution >= 4 is 17.5 Å². The first-order chi connectivity index (χ1) is 11.8. The van der Waals surface area contributed by atoms with E-state index in [4.69, 9.17) is 9.68 Å². The molecule has 128 valence electrons. The van der Waals surface area contributed by atoms with Gasteiger partial charge in [-0.25, -0.2) is 4.90 Å². The second-order valence-electron chi connectivity index (χ2n) is 6.09. The number of imide groups is 1. The van der Waals surface area contributed by atoms with Gasteiger partial charge in [-0.2, -0.15) is 0 Å². The predicted molar refractivity (Wildman–Crippen MR) is 85.2 cm³/mol. The maximum absolute atomic E-state index is 12.7. The van der Waals surface area contributed by atoms with E-state index in [2.05, 4.69) is 15.9 Å². The molecule has 0 aromatic heterocycles. The Bertz CT molecular complexity index is 651. The van der Waals surface area contributed by atoms with Gasteiger partial charge in [0.15, 0.2) is 6.23 Å². The van der Waals surface area contributed by atoms with E-state index in [9.17, 15) is 9.59 Å². The molecule has 0 aliphatic carbocycles. The summed E-state index contributed by atoms with van der Waals surface area (Å²) < 4.78 is 0. The van der Waals surface area contributed by atoms with Gasteiger partial charge in [-0.05, 0) is 31.2 Å². The highest BCUT2D eigenvalue weighted by atomic mass is 16.9. The van der Waals surface area contributed by atoms with Crippen LogP contribution in [0.2, 0.25) is 0 Å². The Labute approximate surface area is 139 Å². The van der Waals surface area contributed by atoms with Crippen LogP contribution in [0.4, 0.5) is 5.69 Å². The summed E-state index contributed by atoms with van der Waals surface area (Å²) in [5, 5.41) is 3.36. The van der Waals surface area contributed by atoms with Crippen molar-refractivity contribution in [2.75, 3.05) is 37.7 Å². The lowest BCUT2D eigenvalue weighted by atomic mass is 10.1. The molecule has 2 saturated heterocycles. The van der Waals surface area contributed by atoms with Gasteiger partial charge in [0.1, 0.15) is 0 Å². The zero-order valence-electron chi connectivity index (χ0n) is 13.3. The minimum absolute atomic E-state index is 0.307. The highest BCUT2D eigenvalue weighted by Crippen LogP contribution is 2.30. The van der Waals surface area contributed by atoms with Crippen LogP contribution in [-0.2, 0) is 9.68 Å². The number of amides is 2. The van der Waals surface area contributed by atoms with Crippen LogP contribution in [0.5, 0.6) is 0 Å². The lowest BCUT2D eigenvalue weighted by molar-refractivity contribution is -0.259. The van der Waals surface area contributed by atoms with Crippen LogP contribution in [0.25, 0.3) is 0 Å². The quantitative estimate of drug-likeness (QED) is 0.752. The molecule has 0 bridgehead atoms. The molecular weight excluding hydrogens is 312 g/mol. The average Bonchev–Trinajstić information content (AvgIpc) is 2.81. The van der Waals surface area contributed by atoms with Crippen LogP contribution >= 0.6 is 0 Å². The Hall–Kier alpha value is -2.00. The number of hydrogen-bond donors (Lipinski definition) is 2. The number of anilines is 1. The number of fused-ring (bicyclic) bond motifs is 1. The molecule has 0 spiro atoms. The van der Waals surface area contributed by atoms with Crippen molar-refractivity contribution in [3.8, 4) is 0 Å². The molecule has 0 radical (unpaired) electrons. The summed E-state index contributed by atoms with van der Waals surface area (Å²) >= 11 is 0. The summed E-state index contributed by atoms with van der Waals surface area (Å²) in [5.41, 5.74) is 4.15. The third-order valence-corrected chi connectivity index (χ3v) is 4.60. The summed E-state index contributed by atoms with van der Waals surface area (Å²) in [6.07, 6.45) is 0.859. The fourth-order valence-corrected chi connectivity index (χ4v) is 3.34. The number of nitrogens with one attached hydrogen (secondary N) is 2. The molecule has 1 aromatic carbocycles. The van der Waals surface area contributed by atoms with Crippen LogP contribution in [0.3, 0.4) is 0 Å². The second kappa shape index (κ2) is 6.48. The maximum Gasteiger partial charge on any atom is 0.263 e. The van der Waals surface area contributed by atoms with E-state index in [0.717, 1.165) is 38.3 Å². The number of hydrogen-bond acceptors (Lipinski definition) is 7. The van der Waals surface area contributed by atoms with Gasteiger partial charge in [0.2, 0.25) is 0 Å². The molecule has 24 heavy (non-hydrogen) atoms. The summed E-state index contributed by atoms with van der Waals surface area (Å²) in [5.74, 6) is -0.619. The second-order valence-corrected chi connectivity index (χ2v) is 6.09. The van der Waals surface area contributed by atoms with E-state index in [-0.39, 0.29) is 11.8 Å². The van der Waals surface area contributed by atoms with Crippen LogP contribution in [0.1, 0.15) is 33.6 Å². The van der Waals surface area contributed by atoms with E-state index in [1.54, 1.807) is 6.07 Å². The third-order valence-electron chi connectivity index (χ3n) is 4.60. The van der Waals surface area contributed by atoms with Gasteiger partial charge < -0.3 is 10.2 Å². The molecule has 3 aliphatic heterocycles. The van der Waals surface area contributed by atoms with E-state index in [1.165, 1.54) is 4.90 Å². The van der Waals surface area contributed by atoms with Crippen LogP contribution < -0.4 is 15.9 Å². The van der Waals surface area contributed by atoms with Gasteiger partial charge in [0.25, 0.3) is 11.8 Å². The smallest absolute Gasteiger partial charge is 0.263 e. The zero-order valence-corrected chi connectivity index (χ0v) is 13.3. The predicted octanol–water partition coefficient (Wildman–Crippen LogP) is 0.265. The minimum Gasteiger partial charge on any atom is -0.370 e. The molecule has 1 aromatic rings. The van der Waals surface area contributed by atoms with Gasteiger partial charge in [-0.3, -0.25) is 19.3 Å². The van der Waals surface area contributed by atoms with Crippen molar-refractivity contribution in [2.24, 2.45) is 0 Å². The Balaban J connectivity index is 1.60. The standard InChI is InChI=1S/C16H20N4O4/c21-15-12-3-2-11(19-7-1-5-17-6-8-19)10-13(12)16(22)20(15)14-4-9-23-18-24-14/h2-3,10,14,17-18H,1,4-9H2. The van der Waals surface area contributed by atoms with Gasteiger partial charge >= 0.3 is 0 Å². The fraction of sp³-hybridized carbons (Fsp3) is 0.500. The molecule has 4 rings (SSSR count). The lowest BCUT2D eigenvalue weighted by Crippen LogP contribution is -2.47. The van der Waals surface area contributed by atoms with E-state index >= 15 is 0 Å². The summed E-state index contributed by atoms with van der Waals surface area (Å²) in [4.78, 5) is 38.8. The highest BCUT2D eigenvalue weighted by molar-refractivity contribution is 6.21. The monoisotopic (exact) mass is 332 g/mol. The molecule has 3 aliphatic rings. The van der Waals surface area contributed by atoms with Crippen molar-refractivity contribution in [3.05, 3.63) is 29.3 Å². The highest BCUT2D eigenvalue weighted by Gasteiger charge is 2.41. The van der Waals surface area contributed by atoms with Crippen LogP contribution in [-0.4, -0.2) is 55.7 Å². The topological polar surface area (TPSA) is 83.1 Å². The van der Waals surface area contributed by atoms with E-state index in [0.29, 0.717) is 24.2 Å². The van der Waals surface area contributed by atoms with Gasteiger partial charge in [-0.1, -0.05) is 5.64 Å². The largest absolute Gasteiger partial charge is 0.370 e. The molecule has 0 saturated carbocycles. The molecule has 1 atom stereocenters. The number of benzene rings is 1. The van der Waals surface area contributed by atoms with Crippen molar-refractivity contribution < 1.29 is 19.3 Å². The molecule has 2 fully saturated rings. The first-order valence-corrected chi connectivity index (χ1v) is 8.26. The SMILES string of the molecule is O=C1c2ccc(N3CCCNCC3)cc2C(=O)N1C1CCONO1. The molecule has 2 N–H and O–H groups in total. The van der Waals surface area contributed by atoms with Gasteiger partial charge in [0, 0.05) is 31.7 Å². The summed E-state index contributed by atoms with van der Waals surface area (Å²) in [6.45, 7) is 4.12. The summed E-state index contributed by atoms with van der Waals surface area (Å²) in [6, 6.07) is 5.49. The molecule has 8 nitrogen and oxygen atoms in total. The summed E-state index contributed by atoms with van der Waals surface area (Å²) in [7, 11) is 0. The Morgan fingerprint density at radius 3 is 2.79 bits per heavy atom. The first kappa shape index (κ1) is 15.5. The van der Waals surface area contributed by atoms with Crippen molar-refractivity contribution in [3.63, 3.8) is 0 Å². The minimum atomic E-state index is -0.642. The molecule has 8 heteroatoms. The van der Waals surface area contributed by atoms with Crippen molar-refractivity contribution in [1.29, 1.82) is 0 Å². The number of carbonyl (C=O) groups excluding carboxylic acids is 2. The number of rotatable bonds is 2. The normalized spacial score (nSPS) is 24.9. The Kier molecular flexibility index (Phi) is 4.19. The molecule has 2 amide bonds. The first-order valence-electron chi connectivity index (χ1n) is 8.26. The van der Waals surface area contributed by atoms with Crippen molar-refractivity contribution in [2.45, 2.75) is 19.1 Å². The Morgan fingerprint density at radius 1 is 1.08 bits per heavy atom. The van der Waals surface area contributed by atoms with E-state index in [1.807, 2.05) is 12.1 Å². The van der Waals surface area contributed by atoms with Crippen LogP contribution in [0, 0.1) is 0 Å². The molecule has 3 heterocycles. The number of carbonyl (C=O) groups is 2. The van der Waals surface area contributed by atoms with Crippen LogP contribution in [0.15, 0.2) is 18.2 Å². The third kappa shape index (κ3) is 2.67. The average molecular weight is 332 g/mol. The molecular formula is C16H20N4O4. The maximum atomic E-state index is 12.7. The zero-order chi connectivity index (χ0) is 16.5. The fourth-order valence-electron chi connectivity index (χ4n) is 3.34. The van der Waals surface area contributed by atoms with Gasteiger partial charge in [0.05, 0.1) is 17.7 Å².